The van der Waals surface area contributed by atoms with Crippen LogP contribution in [-0.4, -0.2) is 25.7 Å². The summed E-state index contributed by atoms with van der Waals surface area (Å²) < 4.78 is 0. The predicted octanol–water partition coefficient (Wildman–Crippen LogP) is 4.60. The SMILES string of the molecule is CCC/C=N/CCCCCS[Si](C)(C)C. The minimum absolute atomic E-state index is 0.856. The molecule has 15 heavy (non-hydrogen) atoms. The van der Waals surface area contributed by atoms with Crippen LogP contribution in [0.15, 0.2) is 4.99 Å². The normalized spacial score (nSPS) is 12.5. The highest BCUT2D eigenvalue weighted by Gasteiger charge is 2.12. The first-order chi connectivity index (χ1) is 7.06. The third kappa shape index (κ3) is 14.2. The molecular formula is C12H27NSSi. The second-order valence-electron chi connectivity index (χ2n) is 4.90. The molecule has 0 unspecified atom stereocenters. The minimum atomic E-state index is -0.856. The summed E-state index contributed by atoms with van der Waals surface area (Å²) in [4.78, 5) is 4.38. The number of rotatable bonds is 9. The molecule has 0 N–H and O–H groups in total. The van der Waals surface area contributed by atoms with Crippen molar-refractivity contribution in [1.29, 1.82) is 0 Å². The number of unbranched alkanes of at least 4 members (excludes halogenated alkanes) is 3. The fourth-order valence-corrected chi connectivity index (χ4v) is 4.40. The Morgan fingerprint density at radius 2 is 1.87 bits per heavy atom. The van der Waals surface area contributed by atoms with Gasteiger partial charge < -0.3 is 0 Å². The highest BCUT2D eigenvalue weighted by molar-refractivity contribution is 8.28. The van der Waals surface area contributed by atoms with Gasteiger partial charge >= 0.3 is 0 Å². The van der Waals surface area contributed by atoms with Crippen LogP contribution in [0, 0.1) is 0 Å². The van der Waals surface area contributed by atoms with Crippen molar-refractivity contribution < 1.29 is 0 Å². The average Bonchev–Trinajstić information content (AvgIpc) is 2.14. The molecule has 0 spiro atoms. The maximum absolute atomic E-state index is 4.38. The van der Waals surface area contributed by atoms with Crippen LogP contribution in [0.1, 0.15) is 39.0 Å². The summed E-state index contributed by atoms with van der Waals surface area (Å²) in [5.41, 5.74) is 0. The van der Waals surface area contributed by atoms with E-state index in [1.807, 2.05) is 0 Å². The molecule has 0 heterocycles. The van der Waals surface area contributed by atoms with Crippen LogP contribution in [0.3, 0.4) is 0 Å². The standard InChI is InChI=1S/C12H27NSSi/c1-5-6-10-13-11-8-7-9-12-14-15(2,3)4/h10H,5-9,11-12H2,1-4H3/b13-10+. The van der Waals surface area contributed by atoms with E-state index in [0.717, 1.165) is 13.0 Å². The Labute approximate surface area is 101 Å². The first-order valence-electron chi connectivity index (χ1n) is 6.18. The highest BCUT2D eigenvalue weighted by Crippen LogP contribution is 2.20. The molecule has 0 aliphatic heterocycles. The molecule has 0 aromatic carbocycles. The zero-order valence-corrected chi connectivity index (χ0v) is 12.7. The lowest BCUT2D eigenvalue weighted by molar-refractivity contribution is 0.733. The van der Waals surface area contributed by atoms with Crippen molar-refractivity contribution in [1.82, 2.24) is 0 Å². The van der Waals surface area contributed by atoms with E-state index < -0.39 is 7.22 Å². The average molecular weight is 246 g/mol. The number of hydrogen-bond acceptors (Lipinski definition) is 2. The van der Waals surface area contributed by atoms with Crippen molar-refractivity contribution in [2.45, 2.75) is 58.7 Å². The van der Waals surface area contributed by atoms with Crippen LogP contribution in [0.5, 0.6) is 0 Å². The Hall–Kier alpha value is 0.237. The van der Waals surface area contributed by atoms with Crippen LogP contribution in [0.4, 0.5) is 0 Å². The molecule has 0 amide bonds. The third-order valence-corrected chi connectivity index (χ3v) is 6.58. The first kappa shape index (κ1) is 15.2. The Bertz CT molecular complexity index is 163. The molecule has 0 atom stereocenters. The molecule has 0 radical (unpaired) electrons. The van der Waals surface area contributed by atoms with Gasteiger partial charge in [-0.15, -0.1) is 0 Å². The van der Waals surface area contributed by atoms with Crippen molar-refractivity contribution in [2.24, 2.45) is 4.99 Å². The third-order valence-electron chi connectivity index (χ3n) is 2.01. The lowest BCUT2D eigenvalue weighted by Gasteiger charge is -2.14. The monoisotopic (exact) mass is 245 g/mol. The van der Waals surface area contributed by atoms with Gasteiger partial charge in [-0.05, 0) is 31.2 Å². The maximum atomic E-state index is 4.38. The van der Waals surface area contributed by atoms with Crippen LogP contribution in [-0.2, 0) is 0 Å². The molecule has 0 aromatic heterocycles. The number of aliphatic imine (C=N–C) groups is 1. The van der Waals surface area contributed by atoms with E-state index in [2.05, 4.69) is 49.0 Å². The van der Waals surface area contributed by atoms with Crippen molar-refractivity contribution in [3.05, 3.63) is 0 Å². The molecule has 1 nitrogen and oxygen atoms in total. The molecule has 3 heteroatoms. The highest BCUT2D eigenvalue weighted by atomic mass is 32.4. The lowest BCUT2D eigenvalue weighted by Crippen LogP contribution is -2.14. The smallest absolute Gasteiger partial charge is 0.108 e. The molecule has 0 aliphatic rings. The van der Waals surface area contributed by atoms with Gasteiger partial charge in [-0.2, -0.15) is 11.2 Å². The summed E-state index contributed by atoms with van der Waals surface area (Å²) in [5.74, 6) is 1.36. The van der Waals surface area contributed by atoms with Crippen molar-refractivity contribution in [3.63, 3.8) is 0 Å². The summed E-state index contributed by atoms with van der Waals surface area (Å²) in [5, 5.41) is 0. The van der Waals surface area contributed by atoms with Gasteiger partial charge in [0.05, 0.1) is 0 Å². The molecule has 0 fully saturated rings. The van der Waals surface area contributed by atoms with Gasteiger partial charge in [-0.25, -0.2) is 0 Å². The second kappa shape index (κ2) is 9.46. The summed E-state index contributed by atoms with van der Waals surface area (Å²) in [6.07, 6.45) is 8.43. The minimum Gasteiger partial charge on any atom is -0.298 e. The summed E-state index contributed by atoms with van der Waals surface area (Å²) in [7, 11) is -0.856. The zero-order valence-electron chi connectivity index (χ0n) is 10.9. The molecule has 0 saturated carbocycles. The Balaban J connectivity index is 3.12. The van der Waals surface area contributed by atoms with E-state index in [-0.39, 0.29) is 0 Å². The number of hydrogen-bond donors (Lipinski definition) is 0. The van der Waals surface area contributed by atoms with Crippen molar-refractivity contribution >= 4 is 24.6 Å². The van der Waals surface area contributed by atoms with E-state index in [1.54, 1.807) is 0 Å². The summed E-state index contributed by atoms with van der Waals surface area (Å²) in [6, 6.07) is 0. The topological polar surface area (TPSA) is 12.4 Å². The van der Waals surface area contributed by atoms with Gasteiger partial charge in [-0.1, -0.05) is 39.4 Å². The summed E-state index contributed by atoms with van der Waals surface area (Å²) >= 11 is 2.21. The zero-order chi connectivity index (χ0) is 11.6. The largest absolute Gasteiger partial charge is 0.298 e. The summed E-state index contributed by atoms with van der Waals surface area (Å²) in [6.45, 7) is 10.5. The molecule has 90 valence electrons. The number of nitrogens with zero attached hydrogens (tertiary/aromatic N) is 1. The van der Waals surface area contributed by atoms with Crippen LogP contribution < -0.4 is 0 Å². The Morgan fingerprint density at radius 3 is 2.47 bits per heavy atom. The molecule has 0 saturated heterocycles. The molecular weight excluding hydrogens is 218 g/mol. The maximum Gasteiger partial charge on any atom is 0.108 e. The first-order valence-corrected chi connectivity index (χ1v) is 11.4. The van der Waals surface area contributed by atoms with Gasteiger partial charge in [0.15, 0.2) is 0 Å². The van der Waals surface area contributed by atoms with Gasteiger partial charge in [0.25, 0.3) is 0 Å². The fraction of sp³-hybridized carbons (Fsp3) is 0.917. The van der Waals surface area contributed by atoms with E-state index >= 15 is 0 Å². The van der Waals surface area contributed by atoms with Crippen LogP contribution in [0.2, 0.25) is 19.6 Å². The van der Waals surface area contributed by atoms with E-state index in [1.165, 1.54) is 31.4 Å². The van der Waals surface area contributed by atoms with E-state index in [9.17, 15) is 0 Å². The fourth-order valence-electron chi connectivity index (χ4n) is 1.17. The molecule has 0 aromatic rings. The lowest BCUT2D eigenvalue weighted by atomic mass is 10.2. The Morgan fingerprint density at radius 1 is 1.13 bits per heavy atom. The predicted molar refractivity (Wildman–Crippen MR) is 77.9 cm³/mol. The van der Waals surface area contributed by atoms with Crippen molar-refractivity contribution in [3.8, 4) is 0 Å². The quantitative estimate of drug-likeness (QED) is 0.329. The van der Waals surface area contributed by atoms with Crippen LogP contribution in [0.25, 0.3) is 0 Å². The molecule has 0 aliphatic carbocycles. The van der Waals surface area contributed by atoms with Crippen LogP contribution >= 0.6 is 11.2 Å². The van der Waals surface area contributed by atoms with E-state index in [0.29, 0.717) is 0 Å². The molecule has 0 bridgehead atoms. The van der Waals surface area contributed by atoms with Crippen molar-refractivity contribution in [2.75, 3.05) is 12.3 Å². The van der Waals surface area contributed by atoms with Gasteiger partial charge in [0, 0.05) is 6.54 Å². The van der Waals surface area contributed by atoms with Gasteiger partial charge in [-0.3, -0.25) is 4.99 Å². The second-order valence-corrected chi connectivity index (χ2v) is 14.4. The molecule has 0 rings (SSSR count). The Kier molecular flexibility index (Phi) is 9.61. The van der Waals surface area contributed by atoms with Gasteiger partial charge in [0.2, 0.25) is 0 Å². The van der Waals surface area contributed by atoms with E-state index in [4.69, 9.17) is 0 Å². The van der Waals surface area contributed by atoms with Gasteiger partial charge in [0.1, 0.15) is 7.22 Å².